The highest BCUT2D eigenvalue weighted by atomic mass is 19.4. The third kappa shape index (κ3) is 204. The molecule has 0 unspecified atom stereocenters. The molecule has 2 saturated carbocycles. The van der Waals surface area contributed by atoms with E-state index in [4.69, 9.17) is 4.74 Å². The molecule has 9 N–H and O–H groups in total. The summed E-state index contributed by atoms with van der Waals surface area (Å²) in [7, 11) is 1.75. The molecule has 0 saturated heterocycles. The van der Waals surface area contributed by atoms with Crippen molar-refractivity contribution in [3.63, 3.8) is 0 Å². The summed E-state index contributed by atoms with van der Waals surface area (Å²) in [5.74, 6) is 2.73. The van der Waals surface area contributed by atoms with Crippen LogP contribution < -0.4 is 47.9 Å². The third-order valence-corrected chi connectivity index (χ3v) is 18.7. The number of unbranched alkanes of at least 4 members (excludes halogenated alkanes) is 4. The van der Waals surface area contributed by atoms with Gasteiger partial charge in [0.15, 0.2) is 0 Å². The summed E-state index contributed by atoms with van der Waals surface area (Å²) in [4.78, 5) is 2.44. The molecule has 0 spiro atoms. The number of nitrogens with zero attached hydrogens (tertiary/aromatic N) is 1. The molecule has 11 nitrogen and oxygen atoms in total. The van der Waals surface area contributed by atoms with Gasteiger partial charge < -0.3 is 57.5 Å². The summed E-state index contributed by atoms with van der Waals surface area (Å²) in [6.45, 7) is 148. The van der Waals surface area contributed by atoms with E-state index in [-0.39, 0.29) is 11.0 Å². The lowest BCUT2D eigenvalue weighted by Gasteiger charge is -2.28. The van der Waals surface area contributed by atoms with Gasteiger partial charge in [-0.25, -0.2) is 0 Å². The number of rotatable bonds is 36. The number of nitrogens with one attached hydrogen (secondary N) is 9. The first-order chi connectivity index (χ1) is 58.1. The van der Waals surface area contributed by atoms with Gasteiger partial charge in [0.25, 0.3) is 0 Å². The van der Waals surface area contributed by atoms with Crippen molar-refractivity contribution in [3.8, 4) is 0 Å². The topological polar surface area (TPSA) is 121 Å². The largest absolute Gasteiger partial charge is 0.401 e. The Balaban J connectivity index is -0.000000133. The van der Waals surface area contributed by atoms with Gasteiger partial charge in [-0.1, -0.05) is 419 Å². The molecule has 0 aliphatic heterocycles. The molecule has 0 atom stereocenters. The first-order valence-corrected chi connectivity index (χ1v) is 53.8. The smallest absolute Gasteiger partial charge is 0.385 e. The Hall–Kier alpha value is -0.650. The Bertz CT molecular complexity index is 2200. The number of alkyl halides is 3. The van der Waals surface area contributed by atoms with E-state index in [2.05, 4.69) is 427 Å². The molecule has 2 rings (SSSR count). The van der Waals surface area contributed by atoms with Gasteiger partial charge in [-0.2, -0.15) is 13.2 Å². The van der Waals surface area contributed by atoms with Gasteiger partial charge >= 0.3 is 6.18 Å². The summed E-state index contributed by atoms with van der Waals surface area (Å²) in [6.07, 6.45) is 20.0. The van der Waals surface area contributed by atoms with Crippen LogP contribution in [-0.4, -0.2) is 161 Å². The molecule has 131 heavy (non-hydrogen) atoms. The normalized spacial score (nSPS) is 13.8. The number of hydrogen-bond donors (Lipinski definition) is 9. The number of hydrogen-bond acceptors (Lipinski definition) is 11. The summed E-state index contributed by atoms with van der Waals surface area (Å²) in [5.41, 5.74) is 6.51. The standard InChI is InChI=1S/C11H26N2.C11H25N.C10H23N.C9H19N.3C9H21N.2C9H20.C8H17N.C8H18O.C8H18.C7H14F3N/c1-6-13(7-2)9-8-12-10-11(3,4)5;1-6-10(7-2)8-12-9-11(3,4)5;1-9(2,3)7-11-8-10(4,5)6;1-9(2,3)7-10-6-8-4-5-8;1-8(2,3)7-10-9(4,5)6;2*1-5-6-7-10-8-9(2,3)4;1-8(2,3)7-9(4,5)6;1-5-6-7-8-9(2,3)4;1-8(2,3)6-9-7-4-5-7;1-8(2,3)6-5-7-9-4;1-7(2)6-8(3,4)5;1-6(2,3)4-11-5-7(8,9)10/h12H,6-10H2,1-5H3;10,12H,6-9H2,1-5H3;11H,7-8H2,1-6H3;8,10H,4-7H2,1-3H3;10H,7H2,1-6H3;2*10H,5-8H2,1-4H3;7H2,1-6H3;5-8H2,1-4H3;7,9H,4-6H2,1-3H3;5-7H2,1-4H3;7H,6H2,1-5H3;11H,4-5H2,1-3H3. The van der Waals surface area contributed by atoms with Gasteiger partial charge in [0.1, 0.15) is 0 Å². The fourth-order valence-corrected chi connectivity index (χ4v) is 12.1. The van der Waals surface area contributed by atoms with Gasteiger partial charge in [0.05, 0.1) is 6.54 Å². The van der Waals surface area contributed by atoms with Crippen LogP contribution in [0.15, 0.2) is 0 Å². The second-order valence-electron chi connectivity index (χ2n) is 58.5. The SMILES string of the molecule is CC(C)(C)CC(C)(C)C.CC(C)(C)CNC(C)(C)C.CC(C)(C)CNC1CC1.CC(C)(C)CNCC(C)(C)C.CC(C)(C)CNCC(F)(F)F.CC(C)(C)CNCC1CC1.CC(C)CC(C)(C)C.CCC(CC)CNCC(C)(C)C.CCCCCC(C)(C)C.CCCCNCC(C)(C)C.CCCCNCC(C)(C)C.CCN(CC)CCNCC(C)(C)C.COCCCC(C)(C)C. The Morgan fingerprint density at radius 1 is 0.313 bits per heavy atom. The molecule has 2 aliphatic carbocycles. The second-order valence-corrected chi connectivity index (χ2v) is 58.5. The van der Waals surface area contributed by atoms with E-state index in [0.29, 0.717) is 82.4 Å². The number of methoxy groups -OCH3 is 1. The van der Waals surface area contributed by atoms with Crippen LogP contribution >= 0.6 is 0 Å². The van der Waals surface area contributed by atoms with Crippen LogP contribution in [-0.2, 0) is 4.74 Å². The molecule has 0 radical (unpaired) electrons. The average Bonchev–Trinajstić information content (AvgIpc) is 1.76. The van der Waals surface area contributed by atoms with E-state index in [9.17, 15) is 13.2 Å². The Morgan fingerprint density at radius 2 is 0.618 bits per heavy atom. The lowest BCUT2D eigenvalue weighted by Crippen LogP contribution is -2.40. The Morgan fingerprint density at radius 3 is 0.847 bits per heavy atom. The minimum absolute atomic E-state index is 0.0920. The van der Waals surface area contributed by atoms with E-state index >= 15 is 0 Å². The molecule has 0 aromatic rings. The van der Waals surface area contributed by atoms with Gasteiger partial charge in [0, 0.05) is 77.7 Å². The first kappa shape index (κ1) is 153. The van der Waals surface area contributed by atoms with Gasteiger partial charge in [-0.15, -0.1) is 0 Å². The van der Waals surface area contributed by atoms with Crippen molar-refractivity contribution in [1.29, 1.82) is 0 Å². The lowest BCUT2D eigenvalue weighted by atomic mass is 9.78. The summed E-state index contributed by atoms with van der Waals surface area (Å²) in [6, 6.07) is 0.865. The third-order valence-electron chi connectivity index (χ3n) is 18.7. The molecular formula is C117H263F3N10O. The zero-order valence-corrected chi connectivity index (χ0v) is 102. The van der Waals surface area contributed by atoms with Crippen molar-refractivity contribution in [2.24, 2.45) is 99.0 Å². The zero-order chi connectivity index (χ0) is 106. The second kappa shape index (κ2) is 78.9. The molecule has 808 valence electrons. The number of ether oxygens (including phenoxy) is 1. The molecule has 0 heterocycles. The van der Waals surface area contributed by atoms with Crippen molar-refractivity contribution in [3.05, 3.63) is 0 Å². The quantitative estimate of drug-likeness (QED) is 0.0279. The zero-order valence-electron chi connectivity index (χ0n) is 102. The van der Waals surface area contributed by atoms with E-state index < -0.39 is 12.7 Å². The van der Waals surface area contributed by atoms with Crippen LogP contribution in [0.3, 0.4) is 0 Å². The molecule has 0 bridgehead atoms. The fraction of sp³-hybridized carbons (Fsp3) is 1.00. The van der Waals surface area contributed by atoms with E-state index in [1.807, 2.05) is 20.8 Å². The van der Waals surface area contributed by atoms with E-state index in [0.717, 1.165) is 109 Å². The highest BCUT2D eigenvalue weighted by molar-refractivity contribution is 4.83. The maximum Gasteiger partial charge on any atom is 0.401 e. The predicted molar refractivity (Wildman–Crippen MR) is 600 cm³/mol. The Labute approximate surface area is 830 Å². The summed E-state index contributed by atoms with van der Waals surface area (Å²) < 4.78 is 39.6. The van der Waals surface area contributed by atoms with Crippen LogP contribution in [0, 0.1) is 99.0 Å². The molecular weight excluding hydrogens is 1620 g/mol. The fourth-order valence-electron chi connectivity index (χ4n) is 12.1. The Kier molecular flexibility index (Phi) is 92.2. The minimum Gasteiger partial charge on any atom is -0.385 e. The average molecular weight is 1880 g/mol. The van der Waals surface area contributed by atoms with Crippen molar-refractivity contribution >= 4 is 0 Å². The van der Waals surface area contributed by atoms with Crippen LogP contribution in [0.4, 0.5) is 13.2 Å². The van der Waals surface area contributed by atoms with Crippen LogP contribution in [0.5, 0.6) is 0 Å². The van der Waals surface area contributed by atoms with Crippen LogP contribution in [0.2, 0.25) is 0 Å². The number of halogens is 3. The van der Waals surface area contributed by atoms with Crippen LogP contribution in [0.1, 0.15) is 510 Å². The van der Waals surface area contributed by atoms with Gasteiger partial charge in [-0.3, -0.25) is 0 Å². The summed E-state index contributed by atoms with van der Waals surface area (Å²) >= 11 is 0. The van der Waals surface area contributed by atoms with Crippen LogP contribution in [0.25, 0.3) is 0 Å². The maximum atomic E-state index is 11.6. The summed E-state index contributed by atoms with van der Waals surface area (Å²) in [5, 5.41) is 30.1. The van der Waals surface area contributed by atoms with Gasteiger partial charge in [-0.05, 0) is 256 Å². The predicted octanol–water partition coefficient (Wildman–Crippen LogP) is 33.6. The number of likely N-dealkylation sites (N-methyl/N-ethyl adjacent to an activating group) is 1. The molecule has 0 aromatic heterocycles. The lowest BCUT2D eigenvalue weighted by molar-refractivity contribution is -0.125. The molecule has 2 fully saturated rings. The first-order valence-electron chi connectivity index (χ1n) is 53.8. The van der Waals surface area contributed by atoms with E-state index in [1.165, 1.54) is 148 Å². The van der Waals surface area contributed by atoms with Crippen molar-refractivity contribution in [2.75, 3.05) is 138 Å². The highest BCUT2D eigenvalue weighted by Gasteiger charge is 2.28. The van der Waals surface area contributed by atoms with E-state index in [1.54, 1.807) is 7.11 Å². The van der Waals surface area contributed by atoms with Crippen molar-refractivity contribution in [2.45, 2.75) is 528 Å². The molecule has 0 aromatic carbocycles. The van der Waals surface area contributed by atoms with Crippen molar-refractivity contribution in [1.82, 2.24) is 52.8 Å². The van der Waals surface area contributed by atoms with Crippen molar-refractivity contribution < 1.29 is 17.9 Å². The highest BCUT2D eigenvalue weighted by Crippen LogP contribution is 2.33. The molecule has 14 heteroatoms. The van der Waals surface area contributed by atoms with Gasteiger partial charge in [0.2, 0.25) is 0 Å². The molecule has 0 amide bonds. The maximum absolute atomic E-state index is 11.6. The monoisotopic (exact) mass is 1880 g/mol. The molecule has 2 aliphatic rings. The minimum atomic E-state index is -4.09.